The first-order valence-electron chi connectivity index (χ1n) is 10.0. The van der Waals surface area contributed by atoms with Gasteiger partial charge in [0.2, 0.25) is 0 Å². The number of fused-ring (bicyclic) bond motifs is 3. The van der Waals surface area contributed by atoms with Crippen molar-refractivity contribution >= 4 is 12.1 Å². The molecule has 1 aliphatic carbocycles. The Balaban J connectivity index is 1.47. The molecular formula is C25H23NO5. The molecule has 1 aliphatic rings. The van der Waals surface area contributed by atoms with Crippen LogP contribution in [-0.2, 0) is 16.0 Å². The fourth-order valence-corrected chi connectivity index (χ4v) is 4.07. The van der Waals surface area contributed by atoms with E-state index in [-0.39, 0.29) is 24.7 Å². The SMILES string of the molecule is CN(C(=O)OCC1c2ccccc2-c2ccccc21)C(Cc1ccc(O)cc1)C(=O)O. The molecule has 0 spiro atoms. The normalized spacial score (nSPS) is 13.2. The Labute approximate surface area is 180 Å². The summed E-state index contributed by atoms with van der Waals surface area (Å²) in [5, 5.41) is 19.1. The monoisotopic (exact) mass is 417 g/mol. The van der Waals surface area contributed by atoms with Gasteiger partial charge in [-0.05, 0) is 39.9 Å². The van der Waals surface area contributed by atoms with Crippen LogP contribution in [0.3, 0.4) is 0 Å². The Kier molecular flexibility index (Phi) is 5.62. The molecule has 0 aliphatic heterocycles. The third-order valence-electron chi connectivity index (χ3n) is 5.74. The number of phenolic OH excluding ortho intramolecular Hbond substituents is 1. The Bertz CT molecular complexity index is 1060. The van der Waals surface area contributed by atoms with Gasteiger partial charge in [0.25, 0.3) is 0 Å². The number of carboxylic acid groups (broad SMARTS) is 1. The predicted octanol–water partition coefficient (Wildman–Crippen LogP) is 4.27. The van der Waals surface area contributed by atoms with Crippen LogP contribution in [0.2, 0.25) is 0 Å². The van der Waals surface area contributed by atoms with Crippen molar-refractivity contribution in [3.63, 3.8) is 0 Å². The molecule has 0 aromatic heterocycles. The Morgan fingerprint density at radius 3 is 2.03 bits per heavy atom. The van der Waals surface area contributed by atoms with Gasteiger partial charge in [-0.25, -0.2) is 9.59 Å². The largest absolute Gasteiger partial charge is 0.508 e. The van der Waals surface area contributed by atoms with E-state index in [1.165, 1.54) is 19.2 Å². The number of hydrogen-bond acceptors (Lipinski definition) is 4. The van der Waals surface area contributed by atoms with Crippen molar-refractivity contribution in [3.05, 3.63) is 89.5 Å². The van der Waals surface area contributed by atoms with Gasteiger partial charge in [-0.2, -0.15) is 0 Å². The number of rotatable bonds is 6. The molecule has 0 saturated heterocycles. The zero-order valence-electron chi connectivity index (χ0n) is 17.1. The Morgan fingerprint density at radius 2 is 1.48 bits per heavy atom. The quantitative estimate of drug-likeness (QED) is 0.626. The highest BCUT2D eigenvalue weighted by Gasteiger charge is 2.32. The van der Waals surface area contributed by atoms with E-state index in [4.69, 9.17) is 4.74 Å². The summed E-state index contributed by atoms with van der Waals surface area (Å²) < 4.78 is 5.57. The molecule has 0 fully saturated rings. The van der Waals surface area contributed by atoms with E-state index in [1.54, 1.807) is 12.1 Å². The molecule has 0 saturated carbocycles. The predicted molar refractivity (Wildman–Crippen MR) is 116 cm³/mol. The minimum atomic E-state index is -1.12. The summed E-state index contributed by atoms with van der Waals surface area (Å²) in [6.07, 6.45) is -0.580. The van der Waals surface area contributed by atoms with E-state index in [0.717, 1.165) is 27.2 Å². The maximum Gasteiger partial charge on any atom is 0.410 e. The molecule has 0 bridgehead atoms. The summed E-state index contributed by atoms with van der Waals surface area (Å²) in [6, 6.07) is 21.2. The van der Waals surface area contributed by atoms with Crippen molar-refractivity contribution in [2.75, 3.05) is 13.7 Å². The second-order valence-electron chi connectivity index (χ2n) is 7.64. The van der Waals surface area contributed by atoms with Crippen LogP contribution in [0.5, 0.6) is 5.75 Å². The zero-order chi connectivity index (χ0) is 22.0. The summed E-state index contributed by atoms with van der Waals surface area (Å²) in [5.41, 5.74) is 5.14. The van der Waals surface area contributed by atoms with Gasteiger partial charge in [0.05, 0.1) is 0 Å². The third kappa shape index (κ3) is 4.10. The molecule has 0 radical (unpaired) electrons. The molecule has 6 nitrogen and oxygen atoms in total. The van der Waals surface area contributed by atoms with Crippen molar-refractivity contribution in [2.45, 2.75) is 18.4 Å². The summed E-state index contributed by atoms with van der Waals surface area (Å²) in [4.78, 5) is 25.6. The number of carboxylic acids is 1. The minimum Gasteiger partial charge on any atom is -0.508 e. The Hall–Kier alpha value is -3.80. The highest BCUT2D eigenvalue weighted by atomic mass is 16.6. The topological polar surface area (TPSA) is 87.1 Å². The van der Waals surface area contributed by atoms with Gasteiger partial charge in [-0.15, -0.1) is 0 Å². The number of hydrogen-bond donors (Lipinski definition) is 2. The standard InChI is InChI=1S/C25H23NO5/c1-26(23(24(28)29)14-16-10-12-17(27)13-11-16)25(30)31-15-22-20-8-4-2-6-18(20)19-7-3-5-9-21(19)22/h2-13,22-23,27H,14-15H2,1H3,(H,28,29). The van der Waals surface area contributed by atoms with Gasteiger partial charge in [-0.3, -0.25) is 4.90 Å². The van der Waals surface area contributed by atoms with Crippen molar-refractivity contribution < 1.29 is 24.5 Å². The highest BCUT2D eigenvalue weighted by molar-refractivity contribution is 5.81. The Morgan fingerprint density at radius 1 is 0.935 bits per heavy atom. The number of phenols is 1. The summed E-state index contributed by atoms with van der Waals surface area (Å²) in [5.74, 6) is -1.12. The lowest BCUT2D eigenvalue weighted by Gasteiger charge is -2.25. The molecule has 1 atom stereocenters. The van der Waals surface area contributed by atoms with E-state index in [0.29, 0.717) is 5.56 Å². The van der Waals surface area contributed by atoms with Crippen LogP contribution < -0.4 is 0 Å². The molecule has 6 heteroatoms. The van der Waals surface area contributed by atoms with Crippen molar-refractivity contribution in [3.8, 4) is 16.9 Å². The molecular weight excluding hydrogens is 394 g/mol. The average Bonchev–Trinajstić information content (AvgIpc) is 3.10. The molecule has 158 valence electrons. The highest BCUT2D eigenvalue weighted by Crippen LogP contribution is 2.44. The number of benzene rings is 3. The molecule has 1 unspecified atom stereocenters. The van der Waals surface area contributed by atoms with Crippen LogP contribution in [0, 0.1) is 0 Å². The van der Waals surface area contributed by atoms with E-state index < -0.39 is 18.1 Å². The van der Waals surface area contributed by atoms with Gasteiger partial charge in [0, 0.05) is 19.4 Å². The van der Waals surface area contributed by atoms with Gasteiger partial charge >= 0.3 is 12.1 Å². The van der Waals surface area contributed by atoms with E-state index in [1.807, 2.05) is 36.4 Å². The average molecular weight is 417 g/mol. The van der Waals surface area contributed by atoms with Crippen molar-refractivity contribution in [1.82, 2.24) is 4.90 Å². The first kappa shape index (κ1) is 20.5. The maximum atomic E-state index is 12.7. The van der Waals surface area contributed by atoms with E-state index in [2.05, 4.69) is 12.1 Å². The third-order valence-corrected chi connectivity index (χ3v) is 5.74. The van der Waals surface area contributed by atoms with E-state index >= 15 is 0 Å². The lowest BCUT2D eigenvalue weighted by molar-refractivity contribution is -0.142. The van der Waals surface area contributed by atoms with Crippen LogP contribution in [0.1, 0.15) is 22.6 Å². The number of aliphatic carboxylic acids is 1. The van der Waals surface area contributed by atoms with Gasteiger partial charge < -0.3 is 14.9 Å². The number of carbonyl (C=O) groups excluding carboxylic acids is 1. The molecule has 1 amide bonds. The number of aromatic hydroxyl groups is 1. The van der Waals surface area contributed by atoms with Crippen LogP contribution in [0.4, 0.5) is 4.79 Å². The fourth-order valence-electron chi connectivity index (χ4n) is 4.07. The molecule has 2 N–H and O–H groups in total. The second kappa shape index (κ2) is 8.52. The van der Waals surface area contributed by atoms with Crippen LogP contribution in [0.15, 0.2) is 72.8 Å². The molecule has 4 rings (SSSR count). The van der Waals surface area contributed by atoms with Gasteiger partial charge in [0.15, 0.2) is 0 Å². The van der Waals surface area contributed by atoms with E-state index in [9.17, 15) is 19.8 Å². The molecule has 3 aromatic carbocycles. The summed E-state index contributed by atoms with van der Waals surface area (Å²) >= 11 is 0. The first-order chi connectivity index (χ1) is 15.0. The summed E-state index contributed by atoms with van der Waals surface area (Å²) in [6.45, 7) is 0.128. The first-order valence-corrected chi connectivity index (χ1v) is 10.0. The van der Waals surface area contributed by atoms with Crippen LogP contribution >= 0.6 is 0 Å². The number of nitrogens with zero attached hydrogens (tertiary/aromatic N) is 1. The minimum absolute atomic E-state index is 0.0925. The fraction of sp³-hybridized carbons (Fsp3) is 0.200. The lowest BCUT2D eigenvalue weighted by Crippen LogP contribution is -2.44. The van der Waals surface area contributed by atoms with Crippen LogP contribution in [0.25, 0.3) is 11.1 Å². The lowest BCUT2D eigenvalue weighted by atomic mass is 9.98. The van der Waals surface area contributed by atoms with Gasteiger partial charge in [-0.1, -0.05) is 60.7 Å². The number of likely N-dealkylation sites (N-methyl/N-ethyl adjacent to an activating group) is 1. The number of amides is 1. The smallest absolute Gasteiger partial charge is 0.410 e. The molecule has 0 heterocycles. The van der Waals surface area contributed by atoms with Gasteiger partial charge in [0.1, 0.15) is 18.4 Å². The van der Waals surface area contributed by atoms with Crippen molar-refractivity contribution in [1.29, 1.82) is 0 Å². The van der Waals surface area contributed by atoms with Crippen molar-refractivity contribution in [2.24, 2.45) is 0 Å². The second-order valence-corrected chi connectivity index (χ2v) is 7.64. The summed E-state index contributed by atoms with van der Waals surface area (Å²) in [7, 11) is 1.43. The zero-order valence-corrected chi connectivity index (χ0v) is 17.1. The molecule has 31 heavy (non-hydrogen) atoms. The number of ether oxygens (including phenoxy) is 1. The molecule has 3 aromatic rings. The maximum absolute atomic E-state index is 12.7. The number of carbonyl (C=O) groups is 2. The van der Waals surface area contributed by atoms with Crippen LogP contribution in [-0.4, -0.2) is 46.9 Å².